The number of sulfonamides is 1. The third-order valence-electron chi connectivity index (χ3n) is 3.29. The van der Waals surface area contributed by atoms with Gasteiger partial charge < -0.3 is 5.32 Å². The van der Waals surface area contributed by atoms with Gasteiger partial charge in [0.05, 0.1) is 27.9 Å². The van der Waals surface area contributed by atoms with E-state index in [0.717, 1.165) is 4.31 Å². The average molecular weight is 313 g/mol. The lowest BCUT2D eigenvalue weighted by atomic mass is 10.2. The molecule has 6 nitrogen and oxygen atoms in total. The summed E-state index contributed by atoms with van der Waals surface area (Å²) >= 11 is 0. The Hall–Kier alpha value is -2.85. The molecular formula is C15H11N3O3S. The lowest BCUT2D eigenvalue weighted by Crippen LogP contribution is -2.42. The van der Waals surface area contributed by atoms with Gasteiger partial charge in [-0.25, -0.2) is 8.42 Å². The van der Waals surface area contributed by atoms with Crippen LogP contribution in [-0.4, -0.2) is 20.9 Å². The van der Waals surface area contributed by atoms with Crippen molar-refractivity contribution in [1.82, 2.24) is 0 Å². The summed E-state index contributed by atoms with van der Waals surface area (Å²) in [6.07, 6.45) is 0. The number of fused-ring (bicyclic) bond motifs is 1. The van der Waals surface area contributed by atoms with Crippen molar-refractivity contribution in [2.45, 2.75) is 4.90 Å². The topological polar surface area (TPSA) is 90.3 Å². The van der Waals surface area contributed by atoms with Crippen molar-refractivity contribution >= 4 is 27.3 Å². The molecule has 0 saturated carbocycles. The average Bonchev–Trinajstić information content (AvgIpc) is 2.54. The molecule has 2 aromatic rings. The minimum absolute atomic E-state index is 0.0175. The van der Waals surface area contributed by atoms with E-state index >= 15 is 0 Å². The molecule has 1 amide bonds. The van der Waals surface area contributed by atoms with Crippen molar-refractivity contribution < 1.29 is 13.2 Å². The SMILES string of the molecule is N#Cc1cccc(S(=O)(=O)N2CC(=O)Nc3ccccc32)c1. The highest BCUT2D eigenvalue weighted by molar-refractivity contribution is 7.92. The van der Waals surface area contributed by atoms with Gasteiger partial charge in [-0.05, 0) is 30.3 Å². The summed E-state index contributed by atoms with van der Waals surface area (Å²) in [6.45, 7) is -0.296. The largest absolute Gasteiger partial charge is 0.323 e. The van der Waals surface area contributed by atoms with Crippen LogP contribution in [0.1, 0.15) is 5.56 Å². The Kier molecular flexibility index (Phi) is 3.31. The van der Waals surface area contributed by atoms with Gasteiger partial charge >= 0.3 is 0 Å². The Bertz CT molecular complexity index is 900. The molecule has 22 heavy (non-hydrogen) atoms. The lowest BCUT2D eigenvalue weighted by Gasteiger charge is -2.30. The van der Waals surface area contributed by atoms with Crippen LogP contribution >= 0.6 is 0 Å². The Labute approximate surface area is 127 Å². The number of hydrogen-bond acceptors (Lipinski definition) is 4. The predicted molar refractivity (Wildman–Crippen MR) is 80.8 cm³/mol. The van der Waals surface area contributed by atoms with Crippen molar-refractivity contribution in [2.75, 3.05) is 16.2 Å². The highest BCUT2D eigenvalue weighted by Crippen LogP contribution is 2.33. The summed E-state index contributed by atoms with van der Waals surface area (Å²) < 4.78 is 26.7. The van der Waals surface area contributed by atoms with Crippen molar-refractivity contribution in [3.05, 3.63) is 54.1 Å². The number of para-hydroxylation sites is 2. The molecule has 0 saturated heterocycles. The molecule has 1 aliphatic heterocycles. The number of rotatable bonds is 2. The van der Waals surface area contributed by atoms with E-state index in [0.29, 0.717) is 11.4 Å². The first-order chi connectivity index (χ1) is 10.5. The lowest BCUT2D eigenvalue weighted by molar-refractivity contribution is -0.115. The molecule has 1 aliphatic rings. The molecule has 0 aromatic heterocycles. The van der Waals surface area contributed by atoms with Gasteiger partial charge in [-0.15, -0.1) is 0 Å². The van der Waals surface area contributed by atoms with Gasteiger partial charge in [-0.3, -0.25) is 9.10 Å². The zero-order chi connectivity index (χ0) is 15.7. The Morgan fingerprint density at radius 2 is 1.91 bits per heavy atom. The molecule has 0 spiro atoms. The number of carbonyl (C=O) groups excluding carboxylic acids is 1. The maximum atomic E-state index is 12.8. The fourth-order valence-corrected chi connectivity index (χ4v) is 3.76. The molecule has 0 aliphatic carbocycles. The number of carbonyl (C=O) groups is 1. The monoisotopic (exact) mass is 313 g/mol. The van der Waals surface area contributed by atoms with Crippen LogP contribution < -0.4 is 9.62 Å². The van der Waals surface area contributed by atoms with Crippen molar-refractivity contribution in [3.63, 3.8) is 0 Å². The van der Waals surface area contributed by atoms with Crippen LogP contribution in [0, 0.1) is 11.3 Å². The first-order valence-electron chi connectivity index (χ1n) is 6.44. The summed E-state index contributed by atoms with van der Waals surface area (Å²) in [7, 11) is -3.92. The Morgan fingerprint density at radius 1 is 1.14 bits per heavy atom. The molecule has 2 aromatic carbocycles. The van der Waals surface area contributed by atoms with Crippen LogP contribution in [0.3, 0.4) is 0 Å². The van der Waals surface area contributed by atoms with E-state index in [1.807, 2.05) is 6.07 Å². The maximum absolute atomic E-state index is 12.8. The van der Waals surface area contributed by atoms with E-state index in [1.54, 1.807) is 24.3 Å². The first kappa shape index (κ1) is 14.1. The summed E-state index contributed by atoms with van der Waals surface area (Å²) in [5, 5.41) is 11.6. The standard InChI is InChI=1S/C15H11N3O3S/c16-9-11-4-3-5-12(8-11)22(20,21)18-10-15(19)17-13-6-1-2-7-14(13)18/h1-8H,10H2,(H,17,19). The summed E-state index contributed by atoms with van der Waals surface area (Å²) in [6, 6.07) is 14.3. The molecule has 1 N–H and O–H groups in total. The van der Waals surface area contributed by atoms with Gasteiger partial charge in [0, 0.05) is 0 Å². The first-order valence-corrected chi connectivity index (χ1v) is 7.88. The summed E-state index contributed by atoms with van der Waals surface area (Å²) in [5.74, 6) is -0.404. The van der Waals surface area contributed by atoms with Crippen molar-refractivity contribution in [1.29, 1.82) is 5.26 Å². The second-order valence-electron chi connectivity index (χ2n) is 4.72. The Balaban J connectivity index is 2.13. The van der Waals surface area contributed by atoms with E-state index in [4.69, 9.17) is 5.26 Å². The second kappa shape index (κ2) is 5.16. The smallest absolute Gasteiger partial charge is 0.264 e. The molecule has 0 unspecified atom stereocenters. The van der Waals surface area contributed by atoms with E-state index in [9.17, 15) is 13.2 Å². The van der Waals surface area contributed by atoms with Gasteiger partial charge in [-0.2, -0.15) is 5.26 Å². The quantitative estimate of drug-likeness (QED) is 0.913. The zero-order valence-electron chi connectivity index (χ0n) is 11.4. The molecule has 0 radical (unpaired) electrons. The third-order valence-corrected chi connectivity index (χ3v) is 5.04. The summed E-state index contributed by atoms with van der Waals surface area (Å²) in [5.41, 5.74) is 1.10. The molecule has 3 rings (SSSR count). The molecule has 0 bridgehead atoms. The van der Waals surface area contributed by atoms with E-state index in [-0.39, 0.29) is 17.0 Å². The molecule has 110 valence electrons. The highest BCUT2D eigenvalue weighted by Gasteiger charge is 2.32. The van der Waals surface area contributed by atoms with Crippen molar-refractivity contribution in [3.8, 4) is 6.07 Å². The van der Waals surface area contributed by atoms with Crippen LogP contribution in [0.5, 0.6) is 0 Å². The molecule has 0 fully saturated rings. The number of nitrogens with zero attached hydrogens (tertiary/aromatic N) is 2. The minimum Gasteiger partial charge on any atom is -0.323 e. The number of hydrogen-bond donors (Lipinski definition) is 1. The van der Waals surface area contributed by atoms with Gasteiger partial charge in [0.15, 0.2) is 0 Å². The van der Waals surface area contributed by atoms with Gasteiger partial charge in [0.25, 0.3) is 10.0 Å². The Morgan fingerprint density at radius 3 is 2.68 bits per heavy atom. The van der Waals surface area contributed by atoms with Crippen LogP contribution in [0.25, 0.3) is 0 Å². The normalized spacial score (nSPS) is 14.0. The van der Waals surface area contributed by atoms with Crippen LogP contribution in [0.4, 0.5) is 11.4 Å². The van der Waals surface area contributed by atoms with Crippen LogP contribution in [0.2, 0.25) is 0 Å². The van der Waals surface area contributed by atoms with Gasteiger partial charge in [-0.1, -0.05) is 18.2 Å². The van der Waals surface area contributed by atoms with E-state index < -0.39 is 15.9 Å². The number of amides is 1. The second-order valence-corrected chi connectivity index (χ2v) is 6.58. The van der Waals surface area contributed by atoms with E-state index in [2.05, 4.69) is 5.32 Å². The number of anilines is 2. The fourth-order valence-electron chi connectivity index (χ4n) is 2.27. The van der Waals surface area contributed by atoms with E-state index in [1.165, 1.54) is 24.3 Å². The van der Waals surface area contributed by atoms with Gasteiger partial charge in [0.1, 0.15) is 6.54 Å². The third kappa shape index (κ3) is 2.29. The van der Waals surface area contributed by atoms with Gasteiger partial charge in [0.2, 0.25) is 5.91 Å². The minimum atomic E-state index is -3.92. The fraction of sp³-hybridized carbons (Fsp3) is 0.0667. The van der Waals surface area contributed by atoms with Crippen molar-refractivity contribution in [2.24, 2.45) is 0 Å². The van der Waals surface area contributed by atoms with Crippen LogP contribution in [-0.2, 0) is 14.8 Å². The zero-order valence-corrected chi connectivity index (χ0v) is 12.2. The number of nitriles is 1. The van der Waals surface area contributed by atoms with Crippen LogP contribution in [0.15, 0.2) is 53.4 Å². The predicted octanol–water partition coefficient (Wildman–Crippen LogP) is 1.71. The molecule has 1 heterocycles. The molecular weight excluding hydrogens is 302 g/mol. The number of nitrogens with one attached hydrogen (secondary N) is 1. The number of benzene rings is 2. The highest BCUT2D eigenvalue weighted by atomic mass is 32.2. The molecule has 7 heteroatoms. The maximum Gasteiger partial charge on any atom is 0.264 e. The summed E-state index contributed by atoms with van der Waals surface area (Å²) in [4.78, 5) is 11.8. The molecule has 0 atom stereocenters.